The molecule has 1 fully saturated rings. The molecular formula is C21H14FNO2S2. The van der Waals surface area contributed by atoms with Crippen LogP contribution in [-0.4, -0.2) is 17.3 Å². The minimum absolute atomic E-state index is 0.273. The van der Waals surface area contributed by atoms with Gasteiger partial charge in [-0.15, -0.1) is 0 Å². The van der Waals surface area contributed by atoms with Crippen LogP contribution in [0, 0.1) is 5.82 Å². The van der Waals surface area contributed by atoms with E-state index in [9.17, 15) is 9.18 Å². The Kier molecular flexibility index (Phi) is 4.68. The molecule has 1 amide bonds. The van der Waals surface area contributed by atoms with Crippen LogP contribution in [0.1, 0.15) is 5.56 Å². The van der Waals surface area contributed by atoms with Crippen molar-refractivity contribution in [2.75, 3.05) is 12.0 Å². The van der Waals surface area contributed by atoms with Crippen LogP contribution in [0.2, 0.25) is 0 Å². The second-order valence-electron chi connectivity index (χ2n) is 5.90. The summed E-state index contributed by atoms with van der Waals surface area (Å²) in [6.45, 7) is 0. The fraction of sp³-hybridized carbons (Fsp3) is 0.0476. The van der Waals surface area contributed by atoms with Gasteiger partial charge in [-0.05, 0) is 41.1 Å². The average molecular weight is 395 g/mol. The number of carbonyl (C=O) groups excluding carboxylic acids is 1. The zero-order valence-electron chi connectivity index (χ0n) is 14.3. The normalized spacial score (nSPS) is 15.8. The van der Waals surface area contributed by atoms with Crippen molar-refractivity contribution in [1.29, 1.82) is 0 Å². The number of rotatable bonds is 3. The Balaban J connectivity index is 1.81. The van der Waals surface area contributed by atoms with Gasteiger partial charge in [-0.3, -0.25) is 9.69 Å². The molecule has 6 heteroatoms. The molecule has 3 nitrogen and oxygen atoms in total. The van der Waals surface area contributed by atoms with Crippen LogP contribution in [0.15, 0.2) is 65.6 Å². The Morgan fingerprint density at radius 3 is 2.70 bits per heavy atom. The first kappa shape index (κ1) is 17.7. The van der Waals surface area contributed by atoms with Crippen molar-refractivity contribution in [2.24, 2.45) is 0 Å². The second-order valence-corrected chi connectivity index (χ2v) is 7.58. The number of nitrogens with zero attached hydrogens (tertiary/aromatic N) is 1. The van der Waals surface area contributed by atoms with Gasteiger partial charge < -0.3 is 4.74 Å². The van der Waals surface area contributed by atoms with Crippen molar-refractivity contribution in [1.82, 2.24) is 0 Å². The number of thiocarbonyl (C=S) groups is 1. The molecular weight excluding hydrogens is 381 g/mol. The summed E-state index contributed by atoms with van der Waals surface area (Å²) in [7, 11) is 1.60. The molecule has 0 bridgehead atoms. The third-order valence-electron chi connectivity index (χ3n) is 4.29. The number of fused-ring (bicyclic) bond motifs is 1. The maximum absolute atomic E-state index is 13.6. The highest BCUT2D eigenvalue weighted by atomic mass is 32.2. The second kappa shape index (κ2) is 7.13. The standard InChI is InChI=1S/C21H14FNO2S2/c1-25-18-10-9-13-5-2-3-8-16(13)17(18)12-19-20(24)23(21(26)27-19)15-7-4-6-14(22)11-15/h2-12H,1H3/b19-12-. The van der Waals surface area contributed by atoms with Gasteiger partial charge in [0.2, 0.25) is 0 Å². The van der Waals surface area contributed by atoms with E-state index in [0.717, 1.165) is 16.3 Å². The predicted octanol–water partition coefficient (Wildman–Crippen LogP) is 5.39. The van der Waals surface area contributed by atoms with E-state index in [-0.39, 0.29) is 5.91 Å². The molecule has 134 valence electrons. The number of benzene rings is 3. The van der Waals surface area contributed by atoms with Gasteiger partial charge in [0.1, 0.15) is 11.6 Å². The van der Waals surface area contributed by atoms with Gasteiger partial charge in [-0.2, -0.15) is 0 Å². The van der Waals surface area contributed by atoms with Gasteiger partial charge >= 0.3 is 0 Å². The van der Waals surface area contributed by atoms with Crippen LogP contribution in [0.25, 0.3) is 16.8 Å². The minimum atomic E-state index is -0.416. The van der Waals surface area contributed by atoms with E-state index in [0.29, 0.717) is 20.7 Å². The van der Waals surface area contributed by atoms with Crippen LogP contribution in [-0.2, 0) is 4.79 Å². The van der Waals surface area contributed by atoms with E-state index in [1.165, 1.54) is 28.8 Å². The summed E-state index contributed by atoms with van der Waals surface area (Å²) in [6, 6.07) is 17.6. The quantitative estimate of drug-likeness (QED) is 0.439. The molecule has 0 aromatic heterocycles. The number of methoxy groups -OCH3 is 1. The van der Waals surface area contributed by atoms with Gasteiger partial charge in [0.15, 0.2) is 4.32 Å². The third-order valence-corrected chi connectivity index (χ3v) is 5.59. The van der Waals surface area contributed by atoms with Crippen LogP contribution in [0.5, 0.6) is 5.75 Å². The van der Waals surface area contributed by atoms with E-state index in [1.807, 2.05) is 36.4 Å². The summed E-state index contributed by atoms with van der Waals surface area (Å²) >= 11 is 6.56. The average Bonchev–Trinajstić information content (AvgIpc) is 2.95. The molecule has 0 aliphatic carbocycles. The van der Waals surface area contributed by atoms with Crippen LogP contribution >= 0.6 is 24.0 Å². The van der Waals surface area contributed by atoms with Crippen LogP contribution in [0.3, 0.4) is 0 Å². The molecule has 0 N–H and O–H groups in total. The number of amides is 1. The number of halogens is 1. The van der Waals surface area contributed by atoms with Crippen molar-refractivity contribution in [2.45, 2.75) is 0 Å². The molecule has 1 aliphatic heterocycles. The summed E-state index contributed by atoms with van der Waals surface area (Å²) in [5, 5.41) is 2.03. The zero-order chi connectivity index (χ0) is 19.0. The molecule has 27 heavy (non-hydrogen) atoms. The van der Waals surface area contributed by atoms with Gasteiger partial charge in [-0.25, -0.2) is 4.39 Å². The van der Waals surface area contributed by atoms with E-state index < -0.39 is 5.82 Å². The highest BCUT2D eigenvalue weighted by molar-refractivity contribution is 8.27. The Morgan fingerprint density at radius 2 is 1.93 bits per heavy atom. The Bertz CT molecular complexity index is 1110. The lowest BCUT2D eigenvalue weighted by Crippen LogP contribution is -2.27. The van der Waals surface area contributed by atoms with Gasteiger partial charge in [0.25, 0.3) is 5.91 Å². The molecule has 3 aromatic rings. The van der Waals surface area contributed by atoms with Crippen molar-refractivity contribution in [3.05, 3.63) is 76.9 Å². The lowest BCUT2D eigenvalue weighted by molar-refractivity contribution is -0.113. The van der Waals surface area contributed by atoms with Gasteiger partial charge in [0.05, 0.1) is 17.7 Å². The summed E-state index contributed by atoms with van der Waals surface area (Å²) < 4.78 is 19.4. The molecule has 1 aliphatic rings. The summed E-state index contributed by atoms with van der Waals surface area (Å²) in [5.74, 6) is -0.0171. The van der Waals surface area contributed by atoms with E-state index in [1.54, 1.807) is 25.3 Å². The topological polar surface area (TPSA) is 29.5 Å². The first-order valence-electron chi connectivity index (χ1n) is 8.18. The predicted molar refractivity (Wildman–Crippen MR) is 113 cm³/mol. The number of carbonyl (C=O) groups is 1. The number of hydrogen-bond donors (Lipinski definition) is 0. The smallest absolute Gasteiger partial charge is 0.270 e. The molecule has 0 spiro atoms. The van der Waals surface area contributed by atoms with Crippen LogP contribution < -0.4 is 9.64 Å². The molecule has 4 rings (SSSR count). The third kappa shape index (κ3) is 3.22. The Morgan fingerprint density at radius 1 is 1.11 bits per heavy atom. The van der Waals surface area contributed by atoms with Crippen molar-refractivity contribution in [3.8, 4) is 5.75 Å². The van der Waals surface area contributed by atoms with E-state index in [2.05, 4.69) is 0 Å². The molecule has 0 atom stereocenters. The molecule has 0 saturated carbocycles. The molecule has 3 aromatic carbocycles. The maximum atomic E-state index is 13.6. The first-order chi connectivity index (χ1) is 13.1. The Labute approximate surface area is 165 Å². The lowest BCUT2D eigenvalue weighted by atomic mass is 10.0. The SMILES string of the molecule is COc1ccc2ccccc2c1/C=C1\SC(=S)N(c2cccc(F)c2)C1=O. The number of anilines is 1. The van der Waals surface area contributed by atoms with Crippen molar-refractivity contribution < 1.29 is 13.9 Å². The zero-order valence-corrected chi connectivity index (χ0v) is 15.9. The monoisotopic (exact) mass is 395 g/mol. The highest BCUT2D eigenvalue weighted by Crippen LogP contribution is 2.38. The highest BCUT2D eigenvalue weighted by Gasteiger charge is 2.33. The number of thioether (sulfide) groups is 1. The van der Waals surface area contributed by atoms with Crippen molar-refractivity contribution >= 4 is 56.7 Å². The fourth-order valence-corrected chi connectivity index (χ4v) is 4.32. The van der Waals surface area contributed by atoms with Crippen molar-refractivity contribution in [3.63, 3.8) is 0 Å². The summed E-state index contributed by atoms with van der Waals surface area (Å²) in [4.78, 5) is 14.8. The first-order valence-corrected chi connectivity index (χ1v) is 9.40. The van der Waals surface area contributed by atoms with Gasteiger partial charge in [0, 0.05) is 5.56 Å². The largest absolute Gasteiger partial charge is 0.496 e. The lowest BCUT2D eigenvalue weighted by Gasteiger charge is -2.14. The minimum Gasteiger partial charge on any atom is -0.496 e. The van der Waals surface area contributed by atoms with E-state index >= 15 is 0 Å². The maximum Gasteiger partial charge on any atom is 0.270 e. The molecule has 1 heterocycles. The fourth-order valence-electron chi connectivity index (χ4n) is 3.04. The van der Waals surface area contributed by atoms with Crippen LogP contribution in [0.4, 0.5) is 10.1 Å². The molecule has 0 radical (unpaired) electrons. The number of hydrogen-bond acceptors (Lipinski definition) is 4. The Hall–Kier alpha value is -2.70. The van der Waals surface area contributed by atoms with E-state index in [4.69, 9.17) is 17.0 Å². The molecule has 1 saturated heterocycles. The number of ether oxygens (including phenoxy) is 1. The summed E-state index contributed by atoms with van der Waals surface area (Å²) in [5.41, 5.74) is 1.24. The summed E-state index contributed by atoms with van der Waals surface area (Å²) in [6.07, 6.45) is 1.79. The molecule has 0 unspecified atom stereocenters. The van der Waals surface area contributed by atoms with Gasteiger partial charge in [-0.1, -0.05) is 60.4 Å².